The largest absolute Gasteiger partial charge is 0.496 e. The minimum atomic E-state index is -0.984. The highest BCUT2D eigenvalue weighted by molar-refractivity contribution is 5.99. The molecule has 1 aromatic carbocycles. The van der Waals surface area contributed by atoms with Crippen LogP contribution in [0.15, 0.2) is 42.6 Å². The second-order valence-corrected chi connectivity index (χ2v) is 9.02. The van der Waals surface area contributed by atoms with E-state index in [1.54, 1.807) is 7.11 Å². The second kappa shape index (κ2) is 10.9. The van der Waals surface area contributed by atoms with Crippen LogP contribution in [0.25, 0.3) is 0 Å². The normalized spacial score (nSPS) is 17.9. The molecule has 186 valence electrons. The maximum absolute atomic E-state index is 13.8. The van der Waals surface area contributed by atoms with Crippen molar-refractivity contribution in [3.63, 3.8) is 0 Å². The number of hydrogen-bond donors (Lipinski definition) is 2. The van der Waals surface area contributed by atoms with Crippen LogP contribution in [0.4, 0.5) is 0 Å². The molecule has 2 N–H and O–H groups in total. The molecule has 1 aromatic heterocycles. The van der Waals surface area contributed by atoms with Crippen molar-refractivity contribution < 1.29 is 23.9 Å². The lowest BCUT2D eigenvalue weighted by Gasteiger charge is -2.42. The molecule has 4 rings (SSSR count). The predicted octanol–water partition coefficient (Wildman–Crippen LogP) is 2.13. The number of pyridine rings is 1. The fourth-order valence-corrected chi connectivity index (χ4v) is 4.99. The number of methoxy groups -OCH3 is 2. The summed E-state index contributed by atoms with van der Waals surface area (Å²) in [5, 5.41) is 6.28. The Morgan fingerprint density at radius 3 is 2.40 bits per heavy atom. The zero-order valence-electron chi connectivity index (χ0n) is 20.2. The molecule has 0 bridgehead atoms. The number of esters is 1. The summed E-state index contributed by atoms with van der Waals surface area (Å²) in [5.74, 6) is 0.208. The molecule has 9 heteroatoms. The number of ether oxygens (including phenoxy) is 2. The van der Waals surface area contributed by atoms with Crippen LogP contribution >= 0.6 is 0 Å². The van der Waals surface area contributed by atoms with E-state index in [-0.39, 0.29) is 17.2 Å². The fourth-order valence-electron chi connectivity index (χ4n) is 4.99. The Labute approximate surface area is 205 Å². The molecular formula is C26H32N4O5. The van der Waals surface area contributed by atoms with Crippen molar-refractivity contribution in [2.75, 3.05) is 40.4 Å². The Morgan fingerprint density at radius 1 is 1.06 bits per heavy atom. The quantitative estimate of drug-likeness (QED) is 0.610. The summed E-state index contributed by atoms with van der Waals surface area (Å²) in [6.45, 7) is 2.52. The molecule has 35 heavy (non-hydrogen) atoms. The van der Waals surface area contributed by atoms with Crippen molar-refractivity contribution in [3.8, 4) is 5.75 Å². The van der Waals surface area contributed by atoms with Gasteiger partial charge in [0.2, 0.25) is 5.91 Å². The number of rotatable bonds is 6. The van der Waals surface area contributed by atoms with E-state index in [9.17, 15) is 14.4 Å². The second-order valence-electron chi connectivity index (χ2n) is 9.02. The fraction of sp³-hybridized carbons (Fsp3) is 0.462. The van der Waals surface area contributed by atoms with Crippen molar-refractivity contribution >= 4 is 17.8 Å². The number of likely N-dealkylation sites (tertiary alicyclic amines) is 1. The van der Waals surface area contributed by atoms with Gasteiger partial charge in [0.25, 0.3) is 5.91 Å². The number of carbonyl (C=O) groups excluding carboxylic acids is 3. The minimum Gasteiger partial charge on any atom is -0.496 e. The van der Waals surface area contributed by atoms with Gasteiger partial charge < -0.3 is 25.0 Å². The molecule has 0 radical (unpaired) electrons. The summed E-state index contributed by atoms with van der Waals surface area (Å²) in [7, 11) is 2.97. The summed E-state index contributed by atoms with van der Waals surface area (Å²) in [4.78, 5) is 44.5. The lowest BCUT2D eigenvalue weighted by molar-refractivity contribution is -0.140. The van der Waals surface area contributed by atoms with Crippen LogP contribution in [0.2, 0.25) is 0 Å². The summed E-state index contributed by atoms with van der Waals surface area (Å²) >= 11 is 0. The molecule has 2 saturated heterocycles. The number of benzene rings is 1. The van der Waals surface area contributed by atoms with Gasteiger partial charge in [-0.05, 0) is 68.5 Å². The van der Waals surface area contributed by atoms with E-state index in [2.05, 4.69) is 26.4 Å². The number of amides is 2. The highest BCUT2D eigenvalue weighted by atomic mass is 16.5. The summed E-state index contributed by atoms with van der Waals surface area (Å²) < 4.78 is 10.2. The minimum absolute atomic E-state index is 0.0444. The van der Waals surface area contributed by atoms with Gasteiger partial charge in [-0.2, -0.15) is 0 Å². The number of nitrogens with zero attached hydrogens (tertiary/aromatic N) is 2. The SMILES string of the molecule is COC(=O)c1ccc(C(=O)NC2(C(=O)N3CCC(c4ccccc4OC)CC3)CCNCC2)nc1. The zero-order valence-corrected chi connectivity index (χ0v) is 20.2. The smallest absolute Gasteiger partial charge is 0.339 e. The summed E-state index contributed by atoms with van der Waals surface area (Å²) in [6.07, 6.45) is 3.99. The molecule has 9 nitrogen and oxygen atoms in total. The maximum atomic E-state index is 13.8. The molecule has 0 spiro atoms. The number of aromatic nitrogens is 1. The monoisotopic (exact) mass is 480 g/mol. The van der Waals surface area contributed by atoms with Gasteiger partial charge >= 0.3 is 5.97 Å². The lowest BCUT2D eigenvalue weighted by atomic mass is 9.84. The Balaban J connectivity index is 1.45. The standard InChI is InChI=1S/C26H32N4O5/c1-34-22-6-4-3-5-20(22)18-9-15-30(16-10-18)25(33)26(11-13-27-14-12-26)29-23(31)21-8-7-19(17-28-21)24(32)35-2/h3-8,17-18,27H,9-16H2,1-2H3,(H,29,31). The van der Waals surface area contributed by atoms with Crippen LogP contribution in [0, 0.1) is 0 Å². The third-order valence-corrected chi connectivity index (χ3v) is 7.00. The Kier molecular flexibility index (Phi) is 7.65. The van der Waals surface area contributed by atoms with E-state index < -0.39 is 17.4 Å². The van der Waals surface area contributed by atoms with Crippen molar-refractivity contribution in [1.82, 2.24) is 20.5 Å². The average Bonchev–Trinajstić information content (AvgIpc) is 2.92. The van der Waals surface area contributed by atoms with Crippen molar-refractivity contribution in [2.24, 2.45) is 0 Å². The molecule has 0 unspecified atom stereocenters. The highest BCUT2D eigenvalue weighted by Gasteiger charge is 2.44. The Morgan fingerprint density at radius 2 is 1.77 bits per heavy atom. The van der Waals surface area contributed by atoms with E-state index in [0.29, 0.717) is 44.9 Å². The molecule has 0 atom stereocenters. The molecule has 3 heterocycles. The zero-order chi connectivity index (χ0) is 24.8. The third-order valence-electron chi connectivity index (χ3n) is 7.00. The van der Waals surface area contributed by atoms with Gasteiger partial charge in [0.1, 0.15) is 17.0 Å². The summed E-state index contributed by atoms with van der Waals surface area (Å²) in [6, 6.07) is 11.0. The molecule has 2 amide bonds. The van der Waals surface area contributed by atoms with Crippen LogP contribution in [-0.2, 0) is 9.53 Å². The van der Waals surface area contributed by atoms with Gasteiger partial charge in [0, 0.05) is 19.3 Å². The van der Waals surface area contributed by atoms with E-state index >= 15 is 0 Å². The van der Waals surface area contributed by atoms with Gasteiger partial charge in [0.15, 0.2) is 0 Å². The molecule has 0 aliphatic carbocycles. The van der Waals surface area contributed by atoms with Crippen LogP contribution in [0.5, 0.6) is 5.75 Å². The number of nitrogens with one attached hydrogen (secondary N) is 2. The molecule has 2 aromatic rings. The number of carbonyl (C=O) groups is 3. The molecule has 2 aliphatic heterocycles. The van der Waals surface area contributed by atoms with Gasteiger partial charge in [-0.3, -0.25) is 14.6 Å². The lowest BCUT2D eigenvalue weighted by Crippen LogP contribution is -2.64. The van der Waals surface area contributed by atoms with Crippen LogP contribution in [0.1, 0.15) is 58.0 Å². The van der Waals surface area contributed by atoms with Crippen molar-refractivity contribution in [3.05, 3.63) is 59.4 Å². The highest BCUT2D eigenvalue weighted by Crippen LogP contribution is 2.35. The number of para-hydroxylation sites is 1. The van der Waals surface area contributed by atoms with E-state index in [4.69, 9.17) is 4.74 Å². The third kappa shape index (κ3) is 5.30. The van der Waals surface area contributed by atoms with Gasteiger partial charge in [0.05, 0.1) is 19.8 Å². The first-order valence-corrected chi connectivity index (χ1v) is 12.0. The first kappa shape index (κ1) is 24.7. The van der Waals surface area contributed by atoms with Gasteiger partial charge in [-0.15, -0.1) is 0 Å². The Bertz CT molecular complexity index is 1060. The van der Waals surface area contributed by atoms with Gasteiger partial charge in [-0.25, -0.2) is 4.79 Å². The van der Waals surface area contributed by atoms with Gasteiger partial charge in [-0.1, -0.05) is 18.2 Å². The van der Waals surface area contributed by atoms with E-state index in [1.807, 2.05) is 23.1 Å². The first-order chi connectivity index (χ1) is 17.0. The predicted molar refractivity (Wildman–Crippen MR) is 129 cm³/mol. The van der Waals surface area contributed by atoms with Crippen LogP contribution in [-0.4, -0.2) is 73.6 Å². The van der Waals surface area contributed by atoms with Crippen molar-refractivity contribution in [2.45, 2.75) is 37.1 Å². The first-order valence-electron chi connectivity index (χ1n) is 12.0. The van der Waals surface area contributed by atoms with Crippen LogP contribution < -0.4 is 15.4 Å². The Hall–Kier alpha value is -3.46. The van der Waals surface area contributed by atoms with E-state index in [1.165, 1.54) is 31.0 Å². The topological polar surface area (TPSA) is 110 Å². The average molecular weight is 481 g/mol. The van der Waals surface area contributed by atoms with Crippen molar-refractivity contribution in [1.29, 1.82) is 0 Å². The number of hydrogen-bond acceptors (Lipinski definition) is 7. The molecule has 2 fully saturated rings. The molecular weight excluding hydrogens is 448 g/mol. The maximum Gasteiger partial charge on any atom is 0.339 e. The van der Waals surface area contributed by atoms with E-state index in [0.717, 1.165) is 18.6 Å². The summed E-state index contributed by atoms with van der Waals surface area (Å²) in [5.41, 5.74) is 0.601. The van der Waals surface area contributed by atoms with Crippen LogP contribution in [0.3, 0.4) is 0 Å². The molecule has 0 saturated carbocycles. The number of piperidine rings is 2. The molecule has 2 aliphatic rings.